The van der Waals surface area contributed by atoms with E-state index in [4.69, 9.17) is 0 Å². The molecule has 0 amide bonds. The summed E-state index contributed by atoms with van der Waals surface area (Å²) in [6.07, 6.45) is -3.11. The number of hydrogen-bond acceptors (Lipinski definition) is 3. The van der Waals surface area contributed by atoms with Gasteiger partial charge in [0.25, 0.3) is 0 Å². The minimum absolute atomic E-state index is 0.0682. The summed E-state index contributed by atoms with van der Waals surface area (Å²) in [6, 6.07) is 4.35. The van der Waals surface area contributed by atoms with Crippen molar-refractivity contribution in [1.82, 2.24) is 5.32 Å². The summed E-state index contributed by atoms with van der Waals surface area (Å²) in [5, 5.41) is 3.07. The van der Waals surface area contributed by atoms with Crippen LogP contribution in [0.1, 0.15) is 18.4 Å². The Hall–Kier alpha value is -1.28. The van der Waals surface area contributed by atoms with E-state index in [9.17, 15) is 21.6 Å². The van der Waals surface area contributed by atoms with Gasteiger partial charge in [0, 0.05) is 11.7 Å². The molecule has 0 radical (unpaired) electrons. The fourth-order valence-electron chi connectivity index (χ4n) is 1.88. The van der Waals surface area contributed by atoms with E-state index in [1.165, 1.54) is 12.1 Å². The molecule has 1 atom stereocenters. The van der Waals surface area contributed by atoms with E-state index in [1.807, 2.05) is 0 Å². The molecule has 1 heterocycles. The second-order valence-corrected chi connectivity index (χ2v) is 6.57. The highest BCUT2D eigenvalue weighted by molar-refractivity contribution is 7.92. The summed E-state index contributed by atoms with van der Waals surface area (Å²) in [6.45, 7) is 0.881. The van der Waals surface area contributed by atoms with Gasteiger partial charge in [-0.2, -0.15) is 13.2 Å². The summed E-state index contributed by atoms with van der Waals surface area (Å²) >= 11 is 0. The zero-order chi connectivity index (χ0) is 14.8. The number of benzene rings is 1. The van der Waals surface area contributed by atoms with Crippen molar-refractivity contribution in [3.63, 3.8) is 0 Å². The molecule has 0 aliphatic carbocycles. The number of hydrogen-bond donors (Lipinski definition) is 2. The smallest absolute Gasteiger partial charge is 0.314 e. The average Bonchev–Trinajstić information content (AvgIpc) is 2.25. The maximum Gasteiger partial charge on any atom is 0.416 e. The van der Waals surface area contributed by atoms with Crippen LogP contribution >= 0.6 is 0 Å². The van der Waals surface area contributed by atoms with Crippen LogP contribution in [0.25, 0.3) is 0 Å². The van der Waals surface area contributed by atoms with Gasteiger partial charge in [0.05, 0.1) is 11.3 Å². The average molecular weight is 308 g/mol. The molecule has 8 heteroatoms. The molecule has 1 aliphatic rings. The van der Waals surface area contributed by atoms with Crippen molar-refractivity contribution >= 4 is 15.7 Å². The topological polar surface area (TPSA) is 58.2 Å². The lowest BCUT2D eigenvalue weighted by atomic mass is 10.1. The minimum atomic E-state index is -4.49. The molecule has 1 aromatic rings. The third kappa shape index (κ3) is 4.11. The van der Waals surface area contributed by atoms with E-state index in [0.29, 0.717) is 6.42 Å². The van der Waals surface area contributed by atoms with Gasteiger partial charge in [-0.05, 0) is 37.6 Å². The molecule has 0 aromatic heterocycles. The first-order chi connectivity index (χ1) is 9.26. The highest BCUT2D eigenvalue weighted by Gasteiger charge is 2.30. The van der Waals surface area contributed by atoms with E-state index in [0.717, 1.165) is 25.1 Å². The van der Waals surface area contributed by atoms with Crippen LogP contribution < -0.4 is 10.0 Å². The number of anilines is 1. The number of nitrogens with one attached hydrogen (secondary N) is 2. The van der Waals surface area contributed by atoms with Gasteiger partial charge < -0.3 is 5.32 Å². The predicted octanol–water partition coefficient (Wildman–Crippen LogP) is 2.20. The summed E-state index contributed by atoms with van der Waals surface area (Å²) in [5.41, 5.74) is -0.945. The molecule has 1 saturated heterocycles. The van der Waals surface area contributed by atoms with Gasteiger partial charge >= 0.3 is 6.18 Å². The monoisotopic (exact) mass is 308 g/mol. The van der Waals surface area contributed by atoms with Gasteiger partial charge in [0.1, 0.15) is 0 Å². The molecule has 2 N–H and O–H groups in total. The van der Waals surface area contributed by atoms with E-state index in [-0.39, 0.29) is 17.5 Å². The molecular weight excluding hydrogens is 293 g/mol. The van der Waals surface area contributed by atoms with Gasteiger partial charge in [-0.1, -0.05) is 6.07 Å². The number of sulfonamides is 1. The quantitative estimate of drug-likeness (QED) is 0.877. The summed E-state index contributed by atoms with van der Waals surface area (Å²) in [5.74, 6) is -0.110. The van der Waals surface area contributed by atoms with E-state index in [1.54, 1.807) is 0 Å². The van der Waals surface area contributed by atoms with Gasteiger partial charge in [0.2, 0.25) is 10.0 Å². The van der Waals surface area contributed by atoms with E-state index in [2.05, 4.69) is 10.0 Å². The number of rotatable bonds is 5. The first-order valence-electron chi connectivity index (χ1n) is 6.17. The second-order valence-electron chi connectivity index (χ2n) is 4.73. The Kier molecular flexibility index (Phi) is 4.24. The Balaban J connectivity index is 2.01. The van der Waals surface area contributed by atoms with Crippen molar-refractivity contribution in [1.29, 1.82) is 0 Å². The molecular formula is C12H15F3N2O2S. The SMILES string of the molecule is O=S(=O)(CCC1CCN1)Nc1cccc(C(F)(F)F)c1. The van der Waals surface area contributed by atoms with E-state index >= 15 is 0 Å². The lowest BCUT2D eigenvalue weighted by Gasteiger charge is -2.27. The zero-order valence-electron chi connectivity index (χ0n) is 10.6. The Morgan fingerprint density at radius 1 is 1.35 bits per heavy atom. The normalized spacial score (nSPS) is 19.4. The molecule has 1 aromatic carbocycles. The fraction of sp³-hybridized carbons (Fsp3) is 0.500. The van der Waals surface area contributed by atoms with Crippen molar-refractivity contribution in [2.45, 2.75) is 25.1 Å². The van der Waals surface area contributed by atoms with Crippen LogP contribution in [0.5, 0.6) is 0 Å². The van der Waals surface area contributed by atoms with Crippen LogP contribution in [0.3, 0.4) is 0 Å². The zero-order valence-corrected chi connectivity index (χ0v) is 11.4. The third-order valence-corrected chi connectivity index (χ3v) is 4.44. The number of alkyl halides is 3. The Bertz CT molecular complexity index is 568. The van der Waals surface area contributed by atoms with E-state index < -0.39 is 21.8 Å². The molecule has 1 fully saturated rings. The standard InChI is InChI=1S/C12H15F3N2O2S/c13-12(14,15)9-2-1-3-11(8-9)17-20(18,19)7-5-10-4-6-16-10/h1-3,8,10,16-17H,4-7H2. The molecule has 112 valence electrons. The second kappa shape index (κ2) is 5.61. The van der Waals surface area contributed by atoms with Crippen molar-refractivity contribution in [2.24, 2.45) is 0 Å². The molecule has 1 unspecified atom stereocenters. The predicted molar refractivity (Wildman–Crippen MR) is 69.9 cm³/mol. The summed E-state index contributed by atoms with van der Waals surface area (Å²) in [7, 11) is -3.63. The molecule has 0 saturated carbocycles. The van der Waals surface area contributed by atoms with Crippen molar-refractivity contribution in [3.05, 3.63) is 29.8 Å². The van der Waals surface area contributed by atoms with Crippen LogP contribution in [0.4, 0.5) is 18.9 Å². The first-order valence-corrected chi connectivity index (χ1v) is 7.83. The molecule has 1 aliphatic heterocycles. The molecule has 0 spiro atoms. The Morgan fingerprint density at radius 2 is 2.05 bits per heavy atom. The molecule has 4 nitrogen and oxygen atoms in total. The van der Waals surface area contributed by atoms with Crippen molar-refractivity contribution in [2.75, 3.05) is 17.0 Å². The third-order valence-electron chi connectivity index (χ3n) is 3.12. The van der Waals surface area contributed by atoms with Crippen LogP contribution in [0.2, 0.25) is 0 Å². The molecule has 2 rings (SSSR count). The maximum atomic E-state index is 12.5. The summed E-state index contributed by atoms with van der Waals surface area (Å²) < 4.78 is 63.3. The van der Waals surface area contributed by atoms with Gasteiger partial charge in [-0.25, -0.2) is 8.42 Å². The minimum Gasteiger partial charge on any atom is -0.314 e. The van der Waals surface area contributed by atoms with Crippen molar-refractivity contribution in [3.8, 4) is 0 Å². The van der Waals surface area contributed by atoms with Crippen LogP contribution in [-0.2, 0) is 16.2 Å². The Morgan fingerprint density at radius 3 is 2.60 bits per heavy atom. The summed E-state index contributed by atoms with van der Waals surface area (Å²) in [4.78, 5) is 0. The van der Waals surface area contributed by atoms with Gasteiger partial charge in [-0.15, -0.1) is 0 Å². The van der Waals surface area contributed by atoms with Gasteiger partial charge in [-0.3, -0.25) is 4.72 Å². The Labute approximate surface area is 115 Å². The largest absolute Gasteiger partial charge is 0.416 e. The molecule has 0 bridgehead atoms. The maximum absolute atomic E-state index is 12.5. The van der Waals surface area contributed by atoms with Crippen molar-refractivity contribution < 1.29 is 21.6 Å². The fourth-order valence-corrected chi connectivity index (χ4v) is 3.06. The highest BCUT2D eigenvalue weighted by Crippen LogP contribution is 2.30. The van der Waals surface area contributed by atoms with Crippen LogP contribution in [-0.4, -0.2) is 26.8 Å². The lowest BCUT2D eigenvalue weighted by molar-refractivity contribution is -0.137. The van der Waals surface area contributed by atoms with Crippen LogP contribution in [0, 0.1) is 0 Å². The van der Waals surface area contributed by atoms with Gasteiger partial charge in [0.15, 0.2) is 0 Å². The van der Waals surface area contributed by atoms with Crippen LogP contribution in [0.15, 0.2) is 24.3 Å². The lowest BCUT2D eigenvalue weighted by Crippen LogP contribution is -2.44. The molecule has 20 heavy (non-hydrogen) atoms. The highest BCUT2D eigenvalue weighted by atomic mass is 32.2. The first kappa shape index (κ1) is 15.1. The number of halogens is 3.